The van der Waals surface area contributed by atoms with E-state index in [1.807, 2.05) is 39.0 Å². The fourth-order valence-electron chi connectivity index (χ4n) is 6.19. The fourth-order valence-corrected chi connectivity index (χ4v) is 6.19. The van der Waals surface area contributed by atoms with E-state index in [-0.39, 0.29) is 17.9 Å². The number of halogens is 3. The van der Waals surface area contributed by atoms with Crippen LogP contribution in [0.4, 0.5) is 13.2 Å². The number of hydrogen-bond acceptors (Lipinski definition) is 5. The second-order valence-corrected chi connectivity index (χ2v) is 11.7. The lowest BCUT2D eigenvalue weighted by Gasteiger charge is -2.35. The van der Waals surface area contributed by atoms with Gasteiger partial charge in [-0.05, 0) is 34.7 Å². The first-order chi connectivity index (χ1) is 20.3. The van der Waals surface area contributed by atoms with Gasteiger partial charge in [0, 0.05) is 31.2 Å². The summed E-state index contributed by atoms with van der Waals surface area (Å²) in [6.07, 6.45) is -5.63. The second kappa shape index (κ2) is 12.8. The van der Waals surface area contributed by atoms with E-state index < -0.39 is 59.2 Å². The molecular weight excluding hydrogens is 561 g/mol. The van der Waals surface area contributed by atoms with Crippen LogP contribution < -0.4 is 10.1 Å². The van der Waals surface area contributed by atoms with Gasteiger partial charge in [0.2, 0.25) is 0 Å². The van der Waals surface area contributed by atoms with Crippen LogP contribution in [0.5, 0.6) is 5.75 Å². The van der Waals surface area contributed by atoms with E-state index in [1.165, 1.54) is 25.2 Å². The SMILES string of the molecule is COc1ccc(C(F)(F)F)cc1CN[C@@H]1[C@@H](C(C)(C)C)[C@@H](C(=O)O)N(C(=O)[C@H](OC)c2ccccc2)[C@H]1c1ccccc1. The first-order valence-electron chi connectivity index (χ1n) is 13.9. The third-order valence-electron chi connectivity index (χ3n) is 8.01. The molecule has 0 aliphatic carbocycles. The van der Waals surface area contributed by atoms with Crippen LogP contribution in [0.25, 0.3) is 0 Å². The number of carboxylic acid groups (broad SMARTS) is 1. The van der Waals surface area contributed by atoms with Crippen molar-refractivity contribution in [2.24, 2.45) is 11.3 Å². The summed E-state index contributed by atoms with van der Waals surface area (Å²) in [5, 5.41) is 14.0. The molecule has 0 radical (unpaired) electrons. The Bertz CT molecular complexity index is 1410. The zero-order valence-corrected chi connectivity index (χ0v) is 24.8. The molecule has 1 saturated heterocycles. The standard InChI is InChI=1S/C33H37F3N2O5/c1-32(2,3)25-26(37-19-22-18-23(33(34,35)36)16-17-24(22)42-4)27(20-12-8-6-9-13-20)38(28(25)31(40)41)30(39)29(43-5)21-14-10-7-11-15-21/h6-18,25-29,37H,19H2,1-5H3,(H,40,41)/t25-,26-,27+,28+,29-/m1/s1. The minimum absolute atomic E-state index is 0.0611. The van der Waals surface area contributed by atoms with E-state index in [1.54, 1.807) is 42.5 Å². The Hall–Kier alpha value is -3.89. The third-order valence-corrected chi connectivity index (χ3v) is 8.01. The summed E-state index contributed by atoms with van der Waals surface area (Å²) in [5.41, 5.74) is 0.0476. The Morgan fingerprint density at radius 2 is 1.56 bits per heavy atom. The minimum Gasteiger partial charge on any atom is -0.496 e. The minimum atomic E-state index is -4.56. The van der Waals surface area contributed by atoms with Crippen LogP contribution in [0.2, 0.25) is 0 Å². The molecule has 0 aromatic heterocycles. The van der Waals surface area contributed by atoms with Crippen molar-refractivity contribution in [1.29, 1.82) is 0 Å². The summed E-state index contributed by atoms with van der Waals surface area (Å²) in [6, 6.07) is 18.4. The molecule has 1 aliphatic rings. The third kappa shape index (κ3) is 6.70. The van der Waals surface area contributed by atoms with Gasteiger partial charge >= 0.3 is 12.1 Å². The predicted molar refractivity (Wildman–Crippen MR) is 155 cm³/mol. The Morgan fingerprint density at radius 1 is 0.953 bits per heavy atom. The summed E-state index contributed by atoms with van der Waals surface area (Å²) in [4.78, 5) is 28.8. The average molecular weight is 599 g/mol. The van der Waals surface area contributed by atoms with Crippen LogP contribution in [0, 0.1) is 11.3 Å². The molecule has 10 heteroatoms. The number of nitrogens with one attached hydrogen (secondary N) is 1. The molecule has 1 amide bonds. The summed E-state index contributed by atoms with van der Waals surface area (Å²) >= 11 is 0. The molecule has 1 heterocycles. The molecule has 1 fully saturated rings. The predicted octanol–water partition coefficient (Wildman–Crippen LogP) is 6.26. The number of likely N-dealkylation sites (tertiary alicyclic amines) is 1. The van der Waals surface area contributed by atoms with Crippen molar-refractivity contribution in [2.75, 3.05) is 14.2 Å². The largest absolute Gasteiger partial charge is 0.496 e. The van der Waals surface area contributed by atoms with Gasteiger partial charge in [-0.3, -0.25) is 4.79 Å². The van der Waals surface area contributed by atoms with E-state index in [0.717, 1.165) is 12.1 Å². The van der Waals surface area contributed by atoms with Crippen molar-refractivity contribution >= 4 is 11.9 Å². The molecule has 3 aromatic rings. The van der Waals surface area contributed by atoms with E-state index in [9.17, 15) is 27.9 Å². The molecule has 7 nitrogen and oxygen atoms in total. The summed E-state index contributed by atoms with van der Waals surface area (Å²) in [6.45, 7) is 5.63. The molecule has 0 saturated carbocycles. The average Bonchev–Trinajstić information content (AvgIpc) is 3.33. The molecule has 0 spiro atoms. The van der Waals surface area contributed by atoms with Gasteiger partial charge in [0.05, 0.1) is 18.7 Å². The normalized spacial score (nSPS) is 21.4. The van der Waals surface area contributed by atoms with Gasteiger partial charge in [0.15, 0.2) is 6.10 Å². The number of hydrogen-bond donors (Lipinski definition) is 2. The Labute approximate surface area is 249 Å². The lowest BCUT2D eigenvalue weighted by Crippen LogP contribution is -2.49. The van der Waals surface area contributed by atoms with Crippen molar-refractivity contribution in [3.63, 3.8) is 0 Å². The van der Waals surface area contributed by atoms with E-state index in [4.69, 9.17) is 9.47 Å². The molecule has 4 rings (SSSR count). The highest BCUT2D eigenvalue weighted by atomic mass is 19.4. The molecule has 43 heavy (non-hydrogen) atoms. The fraction of sp³-hybridized carbons (Fsp3) is 0.394. The van der Waals surface area contributed by atoms with Gasteiger partial charge in [0.25, 0.3) is 5.91 Å². The maximum atomic E-state index is 14.4. The highest BCUT2D eigenvalue weighted by Gasteiger charge is 2.58. The number of aliphatic carboxylic acids is 1. The number of ether oxygens (including phenoxy) is 2. The number of carbonyl (C=O) groups excluding carboxylic acids is 1. The maximum absolute atomic E-state index is 14.4. The van der Waals surface area contributed by atoms with Crippen LogP contribution in [0.15, 0.2) is 78.9 Å². The molecule has 3 aromatic carbocycles. The number of amides is 1. The quantitative estimate of drug-likeness (QED) is 0.303. The highest BCUT2D eigenvalue weighted by molar-refractivity contribution is 5.89. The number of carbonyl (C=O) groups is 2. The van der Waals surface area contributed by atoms with Crippen molar-refractivity contribution in [3.05, 3.63) is 101 Å². The topological polar surface area (TPSA) is 88.1 Å². The van der Waals surface area contributed by atoms with Gasteiger partial charge in [-0.2, -0.15) is 13.2 Å². The molecular formula is C33H37F3N2O5. The van der Waals surface area contributed by atoms with Crippen LogP contribution >= 0.6 is 0 Å². The first kappa shape index (κ1) is 32.0. The van der Waals surface area contributed by atoms with E-state index in [0.29, 0.717) is 11.1 Å². The number of alkyl halides is 3. The van der Waals surface area contributed by atoms with Crippen LogP contribution in [0.1, 0.15) is 55.2 Å². The van der Waals surface area contributed by atoms with Crippen molar-refractivity contribution in [3.8, 4) is 5.75 Å². The van der Waals surface area contributed by atoms with Crippen LogP contribution in [0.3, 0.4) is 0 Å². The summed E-state index contributed by atoms with van der Waals surface area (Å²) in [5.74, 6) is -2.10. The molecule has 1 aliphatic heterocycles. The second-order valence-electron chi connectivity index (χ2n) is 11.7. The smallest absolute Gasteiger partial charge is 0.416 e. The van der Waals surface area contributed by atoms with Crippen LogP contribution in [-0.4, -0.2) is 48.2 Å². The first-order valence-corrected chi connectivity index (χ1v) is 13.9. The number of methoxy groups -OCH3 is 2. The number of nitrogens with zero attached hydrogens (tertiary/aromatic N) is 1. The number of rotatable bonds is 9. The number of carboxylic acids is 1. The molecule has 230 valence electrons. The van der Waals surface area contributed by atoms with Crippen LogP contribution in [-0.2, 0) is 27.0 Å². The Kier molecular flexibility index (Phi) is 9.51. The van der Waals surface area contributed by atoms with Crippen molar-refractivity contribution < 1.29 is 37.3 Å². The lowest BCUT2D eigenvalue weighted by atomic mass is 9.72. The van der Waals surface area contributed by atoms with Crippen molar-refractivity contribution in [1.82, 2.24) is 10.2 Å². The Balaban J connectivity index is 1.86. The lowest BCUT2D eigenvalue weighted by molar-refractivity contribution is -0.157. The van der Waals surface area contributed by atoms with E-state index >= 15 is 0 Å². The van der Waals surface area contributed by atoms with Gasteiger partial charge < -0.3 is 24.8 Å². The summed E-state index contributed by atoms with van der Waals surface area (Å²) < 4.78 is 51.8. The maximum Gasteiger partial charge on any atom is 0.416 e. The molecule has 0 bridgehead atoms. The zero-order chi connectivity index (χ0) is 31.5. The summed E-state index contributed by atoms with van der Waals surface area (Å²) in [7, 11) is 2.78. The van der Waals surface area contributed by atoms with Gasteiger partial charge in [-0.15, -0.1) is 0 Å². The van der Waals surface area contributed by atoms with Gasteiger partial charge in [0.1, 0.15) is 11.8 Å². The van der Waals surface area contributed by atoms with Gasteiger partial charge in [-0.25, -0.2) is 4.79 Å². The molecule has 2 N–H and O–H groups in total. The Morgan fingerprint density at radius 3 is 2.07 bits per heavy atom. The van der Waals surface area contributed by atoms with E-state index in [2.05, 4.69) is 5.32 Å². The molecule has 5 atom stereocenters. The highest BCUT2D eigenvalue weighted by Crippen LogP contribution is 2.49. The number of benzene rings is 3. The van der Waals surface area contributed by atoms with Gasteiger partial charge in [-0.1, -0.05) is 81.4 Å². The monoisotopic (exact) mass is 598 g/mol. The van der Waals surface area contributed by atoms with Crippen molar-refractivity contribution in [2.45, 2.75) is 57.7 Å². The molecule has 0 unspecified atom stereocenters. The zero-order valence-electron chi connectivity index (χ0n) is 24.8.